The summed E-state index contributed by atoms with van der Waals surface area (Å²) in [6, 6.07) is 4.13. The molecule has 1 aliphatic rings. The number of pyridine rings is 1. The minimum absolute atomic E-state index is 0.375. The number of nitrogens with zero attached hydrogens (tertiary/aromatic N) is 5. The summed E-state index contributed by atoms with van der Waals surface area (Å²) in [5.41, 5.74) is 4.22. The Morgan fingerprint density at radius 1 is 1.16 bits per heavy atom. The molecule has 4 rings (SSSR count). The number of aromatic nitrogens is 5. The average Bonchev–Trinajstić information content (AvgIpc) is 3.09. The van der Waals surface area contributed by atoms with Gasteiger partial charge in [0.1, 0.15) is 5.69 Å². The Morgan fingerprint density at radius 3 is 2.88 bits per heavy atom. The lowest BCUT2D eigenvalue weighted by Gasteiger charge is -2.32. The number of rotatable bonds is 4. The fourth-order valence-corrected chi connectivity index (χ4v) is 3.54. The lowest BCUT2D eigenvalue weighted by molar-refractivity contribution is 0.198. The second kappa shape index (κ2) is 7.11. The number of hydrogen-bond acceptors (Lipinski definition) is 5. The number of H-pyrrole nitrogens is 1. The highest BCUT2D eigenvalue weighted by atomic mass is 15.1. The number of aromatic amines is 1. The van der Waals surface area contributed by atoms with Gasteiger partial charge in [-0.25, -0.2) is 9.97 Å². The molecule has 0 aliphatic carbocycles. The van der Waals surface area contributed by atoms with E-state index in [0.717, 1.165) is 55.4 Å². The first-order valence-electron chi connectivity index (χ1n) is 8.74. The third kappa shape index (κ3) is 3.58. The SMILES string of the molecule is Cc1cnc(-c2nccnc2C2CCCN(Cc3cccnc3)C2)[nH]1. The van der Waals surface area contributed by atoms with Crippen LogP contribution < -0.4 is 0 Å². The lowest BCUT2D eigenvalue weighted by atomic mass is 9.92. The van der Waals surface area contributed by atoms with E-state index in [2.05, 4.69) is 35.9 Å². The van der Waals surface area contributed by atoms with Crippen molar-refractivity contribution in [2.45, 2.75) is 32.2 Å². The monoisotopic (exact) mass is 334 g/mol. The Kier molecular flexibility index (Phi) is 4.52. The Hall–Kier alpha value is -2.60. The molecule has 6 heteroatoms. The predicted molar refractivity (Wildman–Crippen MR) is 95.8 cm³/mol. The number of likely N-dealkylation sites (tertiary alicyclic amines) is 1. The quantitative estimate of drug-likeness (QED) is 0.794. The van der Waals surface area contributed by atoms with Crippen molar-refractivity contribution in [3.63, 3.8) is 0 Å². The topological polar surface area (TPSA) is 70.6 Å². The summed E-state index contributed by atoms with van der Waals surface area (Å²) >= 11 is 0. The van der Waals surface area contributed by atoms with Gasteiger partial charge >= 0.3 is 0 Å². The maximum atomic E-state index is 4.67. The van der Waals surface area contributed by atoms with Gasteiger partial charge in [0, 0.05) is 55.7 Å². The van der Waals surface area contributed by atoms with Crippen LogP contribution in [0.25, 0.3) is 11.5 Å². The first-order valence-corrected chi connectivity index (χ1v) is 8.74. The highest BCUT2D eigenvalue weighted by molar-refractivity contribution is 5.53. The molecule has 1 aliphatic heterocycles. The fourth-order valence-electron chi connectivity index (χ4n) is 3.54. The molecule has 1 saturated heterocycles. The second-order valence-corrected chi connectivity index (χ2v) is 6.64. The van der Waals surface area contributed by atoms with Gasteiger partial charge in [-0.05, 0) is 37.9 Å². The van der Waals surface area contributed by atoms with Crippen LogP contribution in [0.1, 0.15) is 35.7 Å². The van der Waals surface area contributed by atoms with Gasteiger partial charge in [0.25, 0.3) is 0 Å². The van der Waals surface area contributed by atoms with Crippen LogP contribution in [0.5, 0.6) is 0 Å². The molecule has 4 heterocycles. The molecular formula is C19H22N6. The highest BCUT2D eigenvalue weighted by Crippen LogP contribution is 2.31. The van der Waals surface area contributed by atoms with Crippen LogP contribution in [-0.2, 0) is 6.54 Å². The predicted octanol–water partition coefficient (Wildman–Crippen LogP) is 2.95. The minimum atomic E-state index is 0.375. The van der Waals surface area contributed by atoms with Crippen molar-refractivity contribution in [1.82, 2.24) is 29.8 Å². The second-order valence-electron chi connectivity index (χ2n) is 6.64. The Balaban J connectivity index is 1.56. The molecule has 1 N–H and O–H groups in total. The van der Waals surface area contributed by atoms with E-state index in [1.165, 1.54) is 5.56 Å². The molecule has 0 aromatic carbocycles. The number of nitrogens with one attached hydrogen (secondary N) is 1. The molecule has 1 atom stereocenters. The summed E-state index contributed by atoms with van der Waals surface area (Å²) in [6.07, 6.45) is 11.4. The van der Waals surface area contributed by atoms with Crippen molar-refractivity contribution in [3.05, 3.63) is 60.1 Å². The van der Waals surface area contributed by atoms with Crippen LogP contribution >= 0.6 is 0 Å². The number of imidazole rings is 1. The molecule has 0 spiro atoms. The van der Waals surface area contributed by atoms with Crippen molar-refractivity contribution < 1.29 is 0 Å². The summed E-state index contributed by atoms with van der Waals surface area (Å²) in [7, 11) is 0. The molecule has 0 saturated carbocycles. The largest absolute Gasteiger partial charge is 0.341 e. The molecule has 0 bridgehead atoms. The van der Waals surface area contributed by atoms with Gasteiger partial charge in [0.05, 0.1) is 5.69 Å². The van der Waals surface area contributed by atoms with E-state index in [1.54, 1.807) is 12.4 Å². The fraction of sp³-hybridized carbons (Fsp3) is 0.368. The van der Waals surface area contributed by atoms with Crippen molar-refractivity contribution in [3.8, 4) is 11.5 Å². The number of hydrogen-bond donors (Lipinski definition) is 1. The molecule has 0 amide bonds. The lowest BCUT2D eigenvalue weighted by Crippen LogP contribution is -2.34. The number of piperidine rings is 1. The molecule has 128 valence electrons. The Bertz CT molecular complexity index is 829. The first kappa shape index (κ1) is 15.9. The maximum absolute atomic E-state index is 4.67. The summed E-state index contributed by atoms with van der Waals surface area (Å²) in [4.78, 5) is 23.7. The maximum Gasteiger partial charge on any atom is 0.158 e. The summed E-state index contributed by atoms with van der Waals surface area (Å²) in [5.74, 6) is 1.18. The normalized spacial score (nSPS) is 18.4. The third-order valence-electron chi connectivity index (χ3n) is 4.67. The smallest absolute Gasteiger partial charge is 0.158 e. The summed E-state index contributed by atoms with van der Waals surface area (Å²) in [6.45, 7) is 5.03. The van der Waals surface area contributed by atoms with Crippen molar-refractivity contribution in [1.29, 1.82) is 0 Å². The van der Waals surface area contributed by atoms with Gasteiger partial charge in [-0.3, -0.25) is 14.9 Å². The minimum Gasteiger partial charge on any atom is -0.341 e. The molecule has 1 fully saturated rings. The van der Waals surface area contributed by atoms with Gasteiger partial charge in [-0.2, -0.15) is 0 Å². The van der Waals surface area contributed by atoms with Crippen LogP contribution in [0.15, 0.2) is 43.1 Å². The molecule has 25 heavy (non-hydrogen) atoms. The summed E-state index contributed by atoms with van der Waals surface area (Å²) in [5, 5.41) is 0. The van der Waals surface area contributed by atoms with E-state index in [0.29, 0.717) is 5.92 Å². The van der Waals surface area contributed by atoms with Crippen molar-refractivity contribution in [2.24, 2.45) is 0 Å². The van der Waals surface area contributed by atoms with E-state index in [1.807, 2.05) is 31.6 Å². The van der Waals surface area contributed by atoms with E-state index in [4.69, 9.17) is 0 Å². The van der Waals surface area contributed by atoms with Crippen LogP contribution in [0.2, 0.25) is 0 Å². The van der Waals surface area contributed by atoms with Gasteiger partial charge in [0.15, 0.2) is 5.82 Å². The van der Waals surface area contributed by atoms with Gasteiger partial charge in [0.2, 0.25) is 0 Å². The molecular weight excluding hydrogens is 312 g/mol. The number of aryl methyl sites for hydroxylation is 1. The first-order chi connectivity index (χ1) is 12.3. The molecule has 6 nitrogen and oxygen atoms in total. The molecule has 0 radical (unpaired) electrons. The Labute approximate surface area is 147 Å². The zero-order valence-corrected chi connectivity index (χ0v) is 14.4. The highest BCUT2D eigenvalue weighted by Gasteiger charge is 2.26. The van der Waals surface area contributed by atoms with E-state index < -0.39 is 0 Å². The van der Waals surface area contributed by atoms with Crippen LogP contribution in [0.4, 0.5) is 0 Å². The van der Waals surface area contributed by atoms with E-state index in [-0.39, 0.29) is 0 Å². The van der Waals surface area contributed by atoms with E-state index in [9.17, 15) is 0 Å². The van der Waals surface area contributed by atoms with Crippen LogP contribution in [0.3, 0.4) is 0 Å². The average molecular weight is 334 g/mol. The third-order valence-corrected chi connectivity index (χ3v) is 4.67. The van der Waals surface area contributed by atoms with E-state index >= 15 is 0 Å². The molecule has 3 aromatic heterocycles. The molecule has 3 aromatic rings. The van der Waals surface area contributed by atoms with Gasteiger partial charge in [-0.1, -0.05) is 6.07 Å². The van der Waals surface area contributed by atoms with Gasteiger partial charge < -0.3 is 4.98 Å². The Morgan fingerprint density at radius 2 is 2.08 bits per heavy atom. The zero-order valence-electron chi connectivity index (χ0n) is 14.4. The zero-order chi connectivity index (χ0) is 17.1. The van der Waals surface area contributed by atoms with Crippen molar-refractivity contribution >= 4 is 0 Å². The van der Waals surface area contributed by atoms with Crippen LogP contribution in [0, 0.1) is 6.92 Å². The van der Waals surface area contributed by atoms with Crippen molar-refractivity contribution in [2.75, 3.05) is 13.1 Å². The molecule has 1 unspecified atom stereocenters. The van der Waals surface area contributed by atoms with Crippen LogP contribution in [-0.4, -0.2) is 42.9 Å². The standard InChI is InChI=1S/C19H22N6/c1-14-10-23-19(24-14)18-17(21-7-8-22-18)16-5-3-9-25(13-16)12-15-4-2-6-20-11-15/h2,4,6-8,10-11,16H,3,5,9,12-13H2,1H3,(H,23,24). The summed E-state index contributed by atoms with van der Waals surface area (Å²) < 4.78 is 0. The van der Waals surface area contributed by atoms with Gasteiger partial charge in [-0.15, -0.1) is 0 Å².